The second kappa shape index (κ2) is 8.02. The van der Waals surface area contributed by atoms with Crippen LogP contribution >= 0.6 is 11.8 Å². The highest BCUT2D eigenvalue weighted by atomic mass is 32.2. The largest absolute Gasteiger partial charge is 0.494 e. The van der Waals surface area contributed by atoms with E-state index in [1.165, 1.54) is 10.9 Å². The van der Waals surface area contributed by atoms with Crippen LogP contribution in [0.3, 0.4) is 0 Å². The first kappa shape index (κ1) is 15.9. The van der Waals surface area contributed by atoms with Gasteiger partial charge in [0.1, 0.15) is 5.75 Å². The van der Waals surface area contributed by atoms with E-state index in [2.05, 4.69) is 48.3 Å². The van der Waals surface area contributed by atoms with Crippen LogP contribution in [0, 0.1) is 6.92 Å². The van der Waals surface area contributed by atoms with Gasteiger partial charge in [0, 0.05) is 5.39 Å². The number of aromatic nitrogens is 1. The Kier molecular flexibility index (Phi) is 5.54. The summed E-state index contributed by atoms with van der Waals surface area (Å²) >= 11 is 1.82. The summed E-state index contributed by atoms with van der Waals surface area (Å²) in [7, 11) is 0. The molecule has 2 aromatic carbocycles. The van der Waals surface area contributed by atoms with Crippen molar-refractivity contribution in [1.82, 2.24) is 4.98 Å². The standard InChI is InChI=1S/C20H21NOS/c1-16-8-11-18(12-9-16)22-14-4-5-15-23-20-13-10-17-6-2-3-7-19(17)21-20/h2-3,6-13H,4-5,14-15H2,1H3. The number of benzene rings is 2. The lowest BCUT2D eigenvalue weighted by Gasteiger charge is -2.06. The number of ether oxygens (including phenoxy) is 1. The Labute approximate surface area is 141 Å². The molecule has 0 fully saturated rings. The van der Waals surface area contributed by atoms with Gasteiger partial charge >= 0.3 is 0 Å². The zero-order valence-electron chi connectivity index (χ0n) is 13.4. The summed E-state index contributed by atoms with van der Waals surface area (Å²) < 4.78 is 5.75. The second-order valence-electron chi connectivity index (χ2n) is 5.56. The molecule has 0 spiro atoms. The van der Waals surface area contributed by atoms with Crippen molar-refractivity contribution in [2.75, 3.05) is 12.4 Å². The Morgan fingerprint density at radius 3 is 2.61 bits per heavy atom. The molecule has 0 radical (unpaired) electrons. The number of thioether (sulfide) groups is 1. The fourth-order valence-electron chi connectivity index (χ4n) is 2.33. The zero-order valence-corrected chi connectivity index (χ0v) is 14.2. The number of rotatable bonds is 7. The third-order valence-corrected chi connectivity index (χ3v) is 4.67. The summed E-state index contributed by atoms with van der Waals surface area (Å²) in [5.74, 6) is 2.03. The van der Waals surface area contributed by atoms with Crippen molar-refractivity contribution in [3.05, 3.63) is 66.2 Å². The average Bonchev–Trinajstić information content (AvgIpc) is 2.59. The van der Waals surface area contributed by atoms with Crippen molar-refractivity contribution in [2.24, 2.45) is 0 Å². The molecular formula is C20H21NOS. The van der Waals surface area contributed by atoms with E-state index in [0.717, 1.165) is 41.5 Å². The maximum Gasteiger partial charge on any atom is 0.119 e. The minimum atomic E-state index is 0.773. The third-order valence-electron chi connectivity index (χ3n) is 3.65. The molecule has 118 valence electrons. The van der Waals surface area contributed by atoms with E-state index >= 15 is 0 Å². The normalized spacial score (nSPS) is 10.8. The number of hydrogen-bond acceptors (Lipinski definition) is 3. The maximum atomic E-state index is 5.75. The van der Waals surface area contributed by atoms with Gasteiger partial charge in [0.25, 0.3) is 0 Å². The molecule has 0 saturated carbocycles. The lowest BCUT2D eigenvalue weighted by atomic mass is 10.2. The highest BCUT2D eigenvalue weighted by Crippen LogP contribution is 2.21. The van der Waals surface area contributed by atoms with Crippen LogP contribution in [-0.2, 0) is 0 Å². The summed E-state index contributed by atoms with van der Waals surface area (Å²) in [6, 6.07) is 20.7. The number of unbranched alkanes of at least 4 members (excludes halogenated alkanes) is 1. The van der Waals surface area contributed by atoms with Crippen LogP contribution in [0.4, 0.5) is 0 Å². The Morgan fingerprint density at radius 2 is 1.74 bits per heavy atom. The van der Waals surface area contributed by atoms with Crippen molar-refractivity contribution in [2.45, 2.75) is 24.8 Å². The third kappa shape index (κ3) is 4.73. The van der Waals surface area contributed by atoms with Crippen LogP contribution in [0.2, 0.25) is 0 Å². The molecule has 0 saturated heterocycles. The van der Waals surface area contributed by atoms with Gasteiger partial charge in [-0.2, -0.15) is 0 Å². The molecule has 0 unspecified atom stereocenters. The molecule has 0 aliphatic carbocycles. The van der Waals surface area contributed by atoms with E-state index in [1.807, 2.05) is 36.0 Å². The quantitative estimate of drug-likeness (QED) is 0.424. The van der Waals surface area contributed by atoms with Crippen molar-refractivity contribution < 1.29 is 4.74 Å². The van der Waals surface area contributed by atoms with Crippen molar-refractivity contribution in [3.8, 4) is 5.75 Å². The molecule has 0 aliphatic rings. The van der Waals surface area contributed by atoms with Crippen LogP contribution in [0.5, 0.6) is 5.75 Å². The number of fused-ring (bicyclic) bond motifs is 1. The van der Waals surface area contributed by atoms with Gasteiger partial charge in [-0.3, -0.25) is 0 Å². The van der Waals surface area contributed by atoms with E-state index < -0.39 is 0 Å². The van der Waals surface area contributed by atoms with E-state index in [9.17, 15) is 0 Å². The van der Waals surface area contributed by atoms with Gasteiger partial charge in [-0.25, -0.2) is 4.98 Å². The zero-order chi connectivity index (χ0) is 15.9. The first-order valence-corrected chi connectivity index (χ1v) is 8.98. The average molecular weight is 323 g/mol. The lowest BCUT2D eigenvalue weighted by Crippen LogP contribution is -1.98. The monoisotopic (exact) mass is 323 g/mol. The first-order chi connectivity index (χ1) is 11.3. The molecule has 0 atom stereocenters. The first-order valence-electron chi connectivity index (χ1n) is 7.99. The van der Waals surface area contributed by atoms with Crippen LogP contribution in [0.15, 0.2) is 65.7 Å². The highest BCUT2D eigenvalue weighted by Gasteiger charge is 1.99. The Bertz CT molecular complexity index is 755. The van der Waals surface area contributed by atoms with Gasteiger partial charge in [-0.05, 0) is 49.8 Å². The molecule has 1 heterocycles. The van der Waals surface area contributed by atoms with Crippen LogP contribution in [0.1, 0.15) is 18.4 Å². The minimum Gasteiger partial charge on any atom is -0.494 e. The highest BCUT2D eigenvalue weighted by molar-refractivity contribution is 7.99. The summed E-state index contributed by atoms with van der Waals surface area (Å²) in [4.78, 5) is 4.68. The van der Waals surface area contributed by atoms with Crippen molar-refractivity contribution >= 4 is 22.7 Å². The summed E-state index contributed by atoms with van der Waals surface area (Å²) in [6.07, 6.45) is 2.19. The fourth-order valence-corrected chi connectivity index (χ4v) is 3.22. The van der Waals surface area contributed by atoms with Gasteiger partial charge in [0.05, 0.1) is 17.1 Å². The molecule has 0 N–H and O–H groups in total. The lowest BCUT2D eigenvalue weighted by molar-refractivity contribution is 0.310. The summed E-state index contributed by atoms with van der Waals surface area (Å²) in [5, 5.41) is 2.30. The molecule has 0 aliphatic heterocycles. The maximum absolute atomic E-state index is 5.75. The van der Waals surface area contributed by atoms with Crippen LogP contribution in [0.25, 0.3) is 10.9 Å². The SMILES string of the molecule is Cc1ccc(OCCCCSc2ccc3ccccc3n2)cc1. The Balaban J connectivity index is 1.38. The summed E-state index contributed by atoms with van der Waals surface area (Å²) in [5.41, 5.74) is 2.33. The second-order valence-corrected chi connectivity index (χ2v) is 6.67. The molecule has 3 aromatic rings. The van der Waals surface area contributed by atoms with E-state index in [4.69, 9.17) is 4.74 Å². The molecule has 3 heteroatoms. The molecule has 23 heavy (non-hydrogen) atoms. The van der Waals surface area contributed by atoms with Crippen molar-refractivity contribution in [1.29, 1.82) is 0 Å². The Morgan fingerprint density at radius 1 is 0.913 bits per heavy atom. The predicted octanol–water partition coefficient (Wildman–Crippen LogP) is 5.49. The fraction of sp³-hybridized carbons (Fsp3) is 0.250. The minimum absolute atomic E-state index is 0.773. The van der Waals surface area contributed by atoms with Crippen LogP contribution < -0.4 is 4.74 Å². The number of para-hydroxylation sites is 1. The van der Waals surface area contributed by atoms with E-state index in [-0.39, 0.29) is 0 Å². The topological polar surface area (TPSA) is 22.1 Å². The van der Waals surface area contributed by atoms with Crippen LogP contribution in [-0.4, -0.2) is 17.3 Å². The number of pyridine rings is 1. The predicted molar refractivity (Wildman–Crippen MR) is 98.4 cm³/mol. The van der Waals surface area contributed by atoms with Gasteiger partial charge in [-0.1, -0.05) is 42.0 Å². The smallest absolute Gasteiger partial charge is 0.119 e. The molecule has 1 aromatic heterocycles. The van der Waals surface area contributed by atoms with Crippen molar-refractivity contribution in [3.63, 3.8) is 0 Å². The molecule has 0 bridgehead atoms. The van der Waals surface area contributed by atoms with Gasteiger partial charge in [0.15, 0.2) is 0 Å². The molecule has 2 nitrogen and oxygen atoms in total. The van der Waals surface area contributed by atoms with E-state index in [0.29, 0.717) is 0 Å². The number of hydrogen-bond donors (Lipinski definition) is 0. The van der Waals surface area contributed by atoms with Gasteiger partial charge in [0.2, 0.25) is 0 Å². The Hall–Kier alpha value is -2.00. The number of aryl methyl sites for hydroxylation is 1. The molecular weight excluding hydrogens is 302 g/mol. The molecule has 0 amide bonds. The van der Waals surface area contributed by atoms with Gasteiger partial charge < -0.3 is 4.74 Å². The summed E-state index contributed by atoms with van der Waals surface area (Å²) in [6.45, 7) is 2.86. The molecule has 3 rings (SSSR count). The number of nitrogens with zero attached hydrogens (tertiary/aromatic N) is 1. The van der Waals surface area contributed by atoms with Gasteiger partial charge in [-0.15, -0.1) is 11.8 Å². The van der Waals surface area contributed by atoms with E-state index in [1.54, 1.807) is 0 Å².